The molecule has 2 fully saturated rings. The van der Waals surface area contributed by atoms with E-state index < -0.39 is 0 Å². The average molecular weight is 211 g/mol. The molecule has 0 spiro atoms. The molecule has 0 aromatic carbocycles. The van der Waals surface area contributed by atoms with Crippen molar-refractivity contribution >= 4 is 5.91 Å². The van der Waals surface area contributed by atoms with Crippen LogP contribution in [0.1, 0.15) is 26.2 Å². The Morgan fingerprint density at radius 1 is 1.33 bits per heavy atom. The van der Waals surface area contributed by atoms with Crippen LogP contribution in [-0.2, 0) is 4.79 Å². The van der Waals surface area contributed by atoms with Gasteiger partial charge in [-0.3, -0.25) is 9.69 Å². The fourth-order valence-electron chi connectivity index (χ4n) is 2.80. The van der Waals surface area contributed by atoms with Crippen molar-refractivity contribution in [2.75, 3.05) is 20.1 Å². The van der Waals surface area contributed by atoms with Gasteiger partial charge >= 0.3 is 0 Å². The summed E-state index contributed by atoms with van der Waals surface area (Å²) in [5.41, 5.74) is 5.93. The van der Waals surface area contributed by atoms with Crippen LogP contribution in [0.4, 0.5) is 0 Å². The molecule has 3 atom stereocenters. The minimum absolute atomic E-state index is 0.123. The van der Waals surface area contributed by atoms with Crippen molar-refractivity contribution in [2.45, 2.75) is 44.3 Å². The summed E-state index contributed by atoms with van der Waals surface area (Å²) in [5, 5.41) is 0. The number of nitrogens with zero attached hydrogens (tertiary/aromatic N) is 2. The Kier molecular flexibility index (Phi) is 2.98. The molecule has 0 bridgehead atoms. The van der Waals surface area contributed by atoms with E-state index >= 15 is 0 Å². The van der Waals surface area contributed by atoms with Gasteiger partial charge in [-0.1, -0.05) is 0 Å². The summed E-state index contributed by atoms with van der Waals surface area (Å²) < 4.78 is 0. The van der Waals surface area contributed by atoms with Gasteiger partial charge in [0.2, 0.25) is 5.91 Å². The normalized spacial score (nSPS) is 38.7. The number of hydrogen-bond donors (Lipinski definition) is 1. The molecule has 0 saturated carbocycles. The van der Waals surface area contributed by atoms with E-state index in [1.807, 2.05) is 11.9 Å². The Hall–Kier alpha value is -0.610. The van der Waals surface area contributed by atoms with Crippen LogP contribution in [0.25, 0.3) is 0 Å². The Morgan fingerprint density at radius 2 is 2.07 bits per heavy atom. The average Bonchev–Trinajstić information content (AvgIpc) is 2.49. The second-order valence-corrected chi connectivity index (χ2v) is 4.94. The summed E-state index contributed by atoms with van der Waals surface area (Å²) in [7, 11) is 1.89. The van der Waals surface area contributed by atoms with Gasteiger partial charge in [-0.2, -0.15) is 0 Å². The number of hydrogen-bond acceptors (Lipinski definition) is 3. The zero-order valence-electron chi connectivity index (χ0n) is 9.65. The van der Waals surface area contributed by atoms with E-state index in [-0.39, 0.29) is 11.9 Å². The lowest BCUT2D eigenvalue weighted by Crippen LogP contribution is -2.52. The standard InChI is InChI=1S/C11H21N3O/c1-8-7-9(12)3-6-14(8)10-4-5-13(2)11(10)15/h8-10H,3-7,12H2,1-2H3. The van der Waals surface area contributed by atoms with Gasteiger partial charge in [-0.15, -0.1) is 0 Å². The molecule has 4 nitrogen and oxygen atoms in total. The van der Waals surface area contributed by atoms with Crippen LogP contribution in [0.3, 0.4) is 0 Å². The van der Waals surface area contributed by atoms with Crippen LogP contribution >= 0.6 is 0 Å². The SMILES string of the molecule is CC1CC(N)CCN1C1CCN(C)C1=O. The van der Waals surface area contributed by atoms with Gasteiger partial charge in [0, 0.05) is 32.2 Å². The molecule has 3 unspecified atom stereocenters. The highest BCUT2D eigenvalue weighted by atomic mass is 16.2. The summed E-state index contributed by atoms with van der Waals surface area (Å²) >= 11 is 0. The molecule has 2 aliphatic rings. The van der Waals surface area contributed by atoms with E-state index in [2.05, 4.69) is 11.8 Å². The van der Waals surface area contributed by atoms with Crippen LogP contribution in [0.5, 0.6) is 0 Å². The van der Waals surface area contributed by atoms with E-state index in [0.717, 1.165) is 32.4 Å². The summed E-state index contributed by atoms with van der Waals surface area (Å²) in [4.78, 5) is 16.1. The first-order chi connectivity index (χ1) is 7.09. The number of rotatable bonds is 1. The van der Waals surface area contributed by atoms with E-state index in [4.69, 9.17) is 5.73 Å². The van der Waals surface area contributed by atoms with Crippen LogP contribution in [0, 0.1) is 0 Å². The lowest BCUT2D eigenvalue weighted by molar-refractivity contribution is -0.132. The number of amides is 1. The predicted octanol–water partition coefficient (Wildman–Crippen LogP) is 0.0287. The zero-order chi connectivity index (χ0) is 11.0. The van der Waals surface area contributed by atoms with Gasteiger partial charge in [0.05, 0.1) is 6.04 Å². The molecule has 1 amide bonds. The largest absolute Gasteiger partial charge is 0.344 e. The third kappa shape index (κ3) is 2.01. The van der Waals surface area contributed by atoms with E-state index in [1.54, 1.807) is 0 Å². The number of carbonyl (C=O) groups is 1. The summed E-state index contributed by atoms with van der Waals surface area (Å²) in [5.74, 6) is 0.289. The second-order valence-electron chi connectivity index (χ2n) is 4.94. The first kappa shape index (κ1) is 10.9. The summed E-state index contributed by atoms with van der Waals surface area (Å²) in [6, 6.07) is 0.900. The summed E-state index contributed by atoms with van der Waals surface area (Å²) in [6.45, 7) is 4.07. The first-order valence-corrected chi connectivity index (χ1v) is 5.86. The topological polar surface area (TPSA) is 49.6 Å². The van der Waals surface area contributed by atoms with Gasteiger partial charge in [-0.05, 0) is 26.2 Å². The third-order valence-electron chi connectivity index (χ3n) is 3.77. The molecule has 86 valence electrons. The van der Waals surface area contributed by atoms with Gasteiger partial charge in [-0.25, -0.2) is 0 Å². The van der Waals surface area contributed by atoms with Crippen LogP contribution in [0.2, 0.25) is 0 Å². The van der Waals surface area contributed by atoms with E-state index in [0.29, 0.717) is 12.1 Å². The second kappa shape index (κ2) is 4.10. The highest BCUT2D eigenvalue weighted by Gasteiger charge is 2.37. The lowest BCUT2D eigenvalue weighted by atomic mass is 9.97. The smallest absolute Gasteiger partial charge is 0.239 e. The molecule has 4 heteroatoms. The van der Waals surface area contributed by atoms with Crippen LogP contribution < -0.4 is 5.73 Å². The Labute approximate surface area is 91.4 Å². The monoisotopic (exact) mass is 211 g/mol. The van der Waals surface area contributed by atoms with Crippen molar-refractivity contribution in [1.82, 2.24) is 9.80 Å². The molecule has 2 aliphatic heterocycles. The van der Waals surface area contributed by atoms with Gasteiger partial charge in [0.1, 0.15) is 0 Å². The van der Waals surface area contributed by atoms with Crippen molar-refractivity contribution in [3.63, 3.8) is 0 Å². The molecule has 2 N–H and O–H groups in total. The number of likely N-dealkylation sites (N-methyl/N-ethyl adjacent to an activating group) is 1. The molecule has 0 aliphatic carbocycles. The predicted molar refractivity (Wildman–Crippen MR) is 59.4 cm³/mol. The molecule has 2 saturated heterocycles. The maximum Gasteiger partial charge on any atom is 0.239 e. The fourth-order valence-corrected chi connectivity index (χ4v) is 2.80. The van der Waals surface area contributed by atoms with Crippen molar-refractivity contribution < 1.29 is 4.79 Å². The Morgan fingerprint density at radius 3 is 2.60 bits per heavy atom. The van der Waals surface area contributed by atoms with Crippen LogP contribution in [-0.4, -0.2) is 54.0 Å². The molecule has 2 heterocycles. The highest BCUT2D eigenvalue weighted by molar-refractivity contribution is 5.83. The fraction of sp³-hybridized carbons (Fsp3) is 0.909. The van der Waals surface area contributed by atoms with E-state index in [9.17, 15) is 4.79 Å². The maximum atomic E-state index is 11.9. The molecule has 15 heavy (non-hydrogen) atoms. The van der Waals surface area contributed by atoms with Crippen molar-refractivity contribution in [1.29, 1.82) is 0 Å². The molecule has 0 radical (unpaired) electrons. The zero-order valence-corrected chi connectivity index (χ0v) is 9.65. The van der Waals surface area contributed by atoms with Crippen molar-refractivity contribution in [3.8, 4) is 0 Å². The molecular weight excluding hydrogens is 190 g/mol. The Balaban J connectivity index is 2.02. The molecule has 0 aromatic rings. The molecule has 2 rings (SSSR count). The van der Waals surface area contributed by atoms with Gasteiger partial charge in [0.15, 0.2) is 0 Å². The maximum absolute atomic E-state index is 11.9. The van der Waals surface area contributed by atoms with Gasteiger partial charge in [0.25, 0.3) is 0 Å². The minimum atomic E-state index is 0.123. The lowest BCUT2D eigenvalue weighted by Gasteiger charge is -2.39. The number of carbonyl (C=O) groups excluding carboxylic acids is 1. The third-order valence-corrected chi connectivity index (χ3v) is 3.77. The number of likely N-dealkylation sites (tertiary alicyclic amines) is 2. The first-order valence-electron chi connectivity index (χ1n) is 5.86. The van der Waals surface area contributed by atoms with Crippen molar-refractivity contribution in [2.24, 2.45) is 5.73 Å². The Bertz CT molecular complexity index is 256. The van der Waals surface area contributed by atoms with Crippen molar-refractivity contribution in [3.05, 3.63) is 0 Å². The quantitative estimate of drug-likeness (QED) is 0.665. The number of piperidine rings is 1. The van der Waals surface area contributed by atoms with Crippen LogP contribution in [0.15, 0.2) is 0 Å². The van der Waals surface area contributed by atoms with Gasteiger partial charge < -0.3 is 10.6 Å². The summed E-state index contributed by atoms with van der Waals surface area (Å²) in [6.07, 6.45) is 3.03. The van der Waals surface area contributed by atoms with E-state index in [1.165, 1.54) is 0 Å². The minimum Gasteiger partial charge on any atom is -0.344 e. The molecular formula is C11H21N3O. The number of nitrogens with two attached hydrogens (primary N) is 1. The highest BCUT2D eigenvalue weighted by Crippen LogP contribution is 2.24. The molecule has 0 aromatic heterocycles.